The predicted octanol–water partition coefficient (Wildman–Crippen LogP) is -0.290. The molecule has 0 heterocycles. The Hall–Kier alpha value is -1.44. The maximum Gasteiger partial charge on any atom is 0.323 e. The van der Waals surface area contributed by atoms with E-state index in [4.69, 9.17) is 10.8 Å². The molecule has 0 aromatic heterocycles. The van der Waals surface area contributed by atoms with Crippen LogP contribution >= 0.6 is 11.8 Å². The molecule has 3 amide bonds. The van der Waals surface area contributed by atoms with Crippen molar-refractivity contribution in [2.45, 2.75) is 18.6 Å². The third-order valence-electron chi connectivity index (χ3n) is 2.19. The summed E-state index contributed by atoms with van der Waals surface area (Å²) in [6, 6.07) is -0.593. The Morgan fingerprint density at radius 3 is 2.44 bits per heavy atom. The average molecular weight is 277 g/mol. The van der Waals surface area contributed by atoms with Crippen LogP contribution in [0.1, 0.15) is 13.3 Å². The zero-order valence-corrected chi connectivity index (χ0v) is 11.3. The minimum atomic E-state index is -1.19. The molecule has 0 aliphatic carbocycles. The largest absolute Gasteiger partial charge is 0.480 e. The molecule has 18 heavy (non-hydrogen) atoms. The molecule has 0 fully saturated rings. The molecule has 7 nitrogen and oxygen atoms in total. The van der Waals surface area contributed by atoms with Gasteiger partial charge in [0.25, 0.3) is 0 Å². The van der Waals surface area contributed by atoms with Crippen LogP contribution in [0.5, 0.6) is 0 Å². The summed E-state index contributed by atoms with van der Waals surface area (Å²) in [5, 5.41) is 11.6. The molecule has 0 radical (unpaired) electrons. The van der Waals surface area contributed by atoms with E-state index >= 15 is 0 Å². The number of primary amides is 1. The molecule has 0 aromatic carbocycles. The Labute approximate surface area is 110 Å². The monoisotopic (exact) mass is 277 g/mol. The summed E-state index contributed by atoms with van der Waals surface area (Å²) in [6.45, 7) is 1.49. The summed E-state index contributed by atoms with van der Waals surface area (Å²) in [7, 11) is 0. The van der Waals surface area contributed by atoms with Crippen LogP contribution in [0.3, 0.4) is 0 Å². The van der Waals surface area contributed by atoms with Crippen molar-refractivity contribution >= 4 is 29.7 Å². The van der Waals surface area contributed by atoms with Gasteiger partial charge in [-0.25, -0.2) is 4.79 Å². The summed E-state index contributed by atoms with van der Waals surface area (Å²) < 4.78 is 0. The van der Waals surface area contributed by atoms with Crippen LogP contribution < -0.4 is 11.1 Å². The molecule has 0 spiro atoms. The first-order valence-electron chi connectivity index (χ1n) is 5.42. The lowest BCUT2D eigenvalue weighted by Gasteiger charge is -2.20. The van der Waals surface area contributed by atoms with Gasteiger partial charge in [-0.2, -0.15) is 11.8 Å². The second-order valence-corrected chi connectivity index (χ2v) is 5.06. The van der Waals surface area contributed by atoms with E-state index < -0.39 is 31.0 Å². The van der Waals surface area contributed by atoms with Gasteiger partial charge in [-0.15, -0.1) is 0 Å². The molecule has 104 valence electrons. The molecule has 8 heteroatoms. The van der Waals surface area contributed by atoms with E-state index in [0.717, 1.165) is 11.3 Å². The van der Waals surface area contributed by atoms with Crippen LogP contribution in [0.4, 0.5) is 4.79 Å². The fraction of sp³-hybridized carbons (Fsp3) is 0.700. The van der Waals surface area contributed by atoms with E-state index in [1.807, 2.05) is 13.2 Å². The van der Waals surface area contributed by atoms with Crippen molar-refractivity contribution in [3.8, 4) is 0 Å². The maximum absolute atomic E-state index is 11.6. The number of hydrogen-bond acceptors (Lipinski definition) is 4. The van der Waals surface area contributed by atoms with Crippen molar-refractivity contribution in [1.29, 1.82) is 0 Å². The number of urea groups is 1. The average Bonchev–Trinajstić information content (AvgIpc) is 2.26. The van der Waals surface area contributed by atoms with E-state index in [0.29, 0.717) is 11.8 Å². The van der Waals surface area contributed by atoms with Gasteiger partial charge in [0.1, 0.15) is 13.1 Å². The lowest BCUT2D eigenvalue weighted by atomic mass is 10.3. The van der Waals surface area contributed by atoms with Gasteiger partial charge >= 0.3 is 12.0 Å². The Morgan fingerprint density at radius 1 is 1.39 bits per heavy atom. The molecule has 0 aromatic rings. The van der Waals surface area contributed by atoms with Crippen molar-refractivity contribution in [2.75, 3.05) is 25.9 Å². The molecular formula is C10H19N3O4S. The topological polar surface area (TPSA) is 113 Å². The lowest BCUT2D eigenvalue weighted by Crippen LogP contribution is -2.47. The number of amides is 3. The summed E-state index contributed by atoms with van der Waals surface area (Å²) >= 11 is 1.67. The predicted molar refractivity (Wildman–Crippen MR) is 69.4 cm³/mol. The highest BCUT2D eigenvalue weighted by Crippen LogP contribution is 2.07. The molecular weight excluding hydrogens is 258 g/mol. The van der Waals surface area contributed by atoms with Crippen LogP contribution in [0.25, 0.3) is 0 Å². The highest BCUT2D eigenvalue weighted by atomic mass is 32.2. The van der Waals surface area contributed by atoms with Crippen LogP contribution in [0.15, 0.2) is 0 Å². The molecule has 0 aliphatic heterocycles. The molecule has 0 saturated carbocycles. The van der Waals surface area contributed by atoms with E-state index in [1.165, 1.54) is 0 Å². The first-order valence-corrected chi connectivity index (χ1v) is 6.71. The number of carbonyl (C=O) groups excluding carboxylic acids is 2. The number of carboxylic acids is 1. The maximum atomic E-state index is 11.6. The Morgan fingerprint density at radius 2 is 2.00 bits per heavy atom. The summed E-state index contributed by atoms with van der Waals surface area (Å²) in [6.07, 6.45) is 2.74. The number of aliphatic carboxylic acids is 1. The lowest BCUT2D eigenvalue weighted by molar-refractivity contribution is -0.137. The Kier molecular flexibility index (Phi) is 7.93. The first kappa shape index (κ1) is 16.6. The normalized spacial score (nSPS) is 11.7. The minimum absolute atomic E-state index is 0.398. The second-order valence-electron chi connectivity index (χ2n) is 3.78. The molecule has 0 bridgehead atoms. The number of nitrogens with two attached hydrogens (primary N) is 1. The molecule has 0 aliphatic rings. The summed E-state index contributed by atoms with van der Waals surface area (Å²) in [4.78, 5) is 33.8. The van der Waals surface area contributed by atoms with E-state index in [9.17, 15) is 14.4 Å². The second kappa shape index (κ2) is 8.62. The number of carboxylic acid groups (broad SMARTS) is 1. The standard InChI is InChI=1S/C10H19N3O4S/c1-7(18-2)3-4-12-10(17)13(5-8(11)14)6-9(15)16/h7H,3-6H2,1-2H3,(H2,11,14)(H,12,17)(H,15,16). The van der Waals surface area contributed by atoms with E-state index in [1.54, 1.807) is 11.8 Å². The van der Waals surface area contributed by atoms with Crippen LogP contribution in [-0.4, -0.2) is 59.1 Å². The summed E-state index contributed by atoms with van der Waals surface area (Å²) in [5.41, 5.74) is 4.95. The van der Waals surface area contributed by atoms with Gasteiger partial charge in [0.15, 0.2) is 0 Å². The van der Waals surface area contributed by atoms with Gasteiger partial charge in [0.05, 0.1) is 0 Å². The zero-order valence-electron chi connectivity index (χ0n) is 10.5. The van der Waals surface area contributed by atoms with Gasteiger partial charge in [0.2, 0.25) is 5.91 Å². The van der Waals surface area contributed by atoms with E-state index in [2.05, 4.69) is 5.32 Å². The van der Waals surface area contributed by atoms with Crippen LogP contribution in [0.2, 0.25) is 0 Å². The number of nitrogens with zero attached hydrogens (tertiary/aromatic N) is 1. The summed E-state index contributed by atoms with van der Waals surface area (Å²) in [5.74, 6) is -1.94. The third kappa shape index (κ3) is 7.77. The quantitative estimate of drug-likeness (QED) is 0.564. The van der Waals surface area contributed by atoms with Crippen molar-refractivity contribution in [3.05, 3.63) is 0 Å². The molecule has 0 saturated heterocycles. The number of nitrogens with one attached hydrogen (secondary N) is 1. The molecule has 1 atom stereocenters. The highest BCUT2D eigenvalue weighted by Gasteiger charge is 2.18. The molecule has 4 N–H and O–H groups in total. The fourth-order valence-corrected chi connectivity index (χ4v) is 1.52. The molecule has 1 unspecified atom stereocenters. The van der Waals surface area contributed by atoms with Gasteiger partial charge in [-0.05, 0) is 12.7 Å². The zero-order chi connectivity index (χ0) is 14.1. The van der Waals surface area contributed by atoms with Crippen molar-refractivity contribution in [2.24, 2.45) is 5.73 Å². The van der Waals surface area contributed by atoms with Crippen molar-refractivity contribution in [3.63, 3.8) is 0 Å². The van der Waals surface area contributed by atoms with Crippen LogP contribution in [-0.2, 0) is 9.59 Å². The SMILES string of the molecule is CSC(C)CCNC(=O)N(CC(N)=O)CC(=O)O. The Balaban J connectivity index is 4.20. The van der Waals surface area contributed by atoms with Gasteiger partial charge in [0, 0.05) is 11.8 Å². The molecule has 0 rings (SSSR count). The van der Waals surface area contributed by atoms with Crippen molar-refractivity contribution in [1.82, 2.24) is 10.2 Å². The van der Waals surface area contributed by atoms with Gasteiger partial charge in [-0.1, -0.05) is 6.92 Å². The van der Waals surface area contributed by atoms with Gasteiger partial charge in [-0.3, -0.25) is 9.59 Å². The van der Waals surface area contributed by atoms with E-state index in [-0.39, 0.29) is 0 Å². The smallest absolute Gasteiger partial charge is 0.323 e. The third-order valence-corrected chi connectivity index (χ3v) is 3.23. The number of rotatable bonds is 8. The number of hydrogen-bond donors (Lipinski definition) is 3. The minimum Gasteiger partial charge on any atom is -0.480 e. The van der Waals surface area contributed by atoms with Gasteiger partial charge < -0.3 is 21.1 Å². The van der Waals surface area contributed by atoms with Crippen LogP contribution in [0, 0.1) is 0 Å². The first-order chi connectivity index (χ1) is 8.36. The highest BCUT2D eigenvalue weighted by molar-refractivity contribution is 7.99. The van der Waals surface area contributed by atoms with Crippen molar-refractivity contribution < 1.29 is 19.5 Å². The fourth-order valence-electron chi connectivity index (χ4n) is 1.16. The number of carbonyl (C=O) groups is 3. The Bertz CT molecular complexity index is 295. The number of thioether (sulfide) groups is 1.